The van der Waals surface area contributed by atoms with Gasteiger partial charge in [-0.25, -0.2) is 4.98 Å². The van der Waals surface area contributed by atoms with E-state index in [-0.39, 0.29) is 12.3 Å². The number of fused-ring (bicyclic) bond motifs is 1. The van der Waals surface area contributed by atoms with Crippen molar-refractivity contribution in [1.82, 2.24) is 15.2 Å². The van der Waals surface area contributed by atoms with Crippen LogP contribution in [-0.2, 0) is 20.9 Å². The summed E-state index contributed by atoms with van der Waals surface area (Å²) < 4.78 is 4.72. The van der Waals surface area contributed by atoms with Crippen molar-refractivity contribution in [3.05, 3.63) is 35.0 Å². The predicted molar refractivity (Wildman–Crippen MR) is 102 cm³/mol. The third-order valence-electron chi connectivity index (χ3n) is 4.45. The molecule has 138 valence electrons. The number of methoxy groups -OCH3 is 1. The van der Waals surface area contributed by atoms with Gasteiger partial charge in [0.05, 0.1) is 19.0 Å². The molecule has 0 bridgehead atoms. The maximum Gasteiger partial charge on any atom is 0.307 e. The summed E-state index contributed by atoms with van der Waals surface area (Å²) in [6.45, 7) is 1.61. The number of ether oxygens (including phenoxy) is 1. The van der Waals surface area contributed by atoms with E-state index in [1.165, 1.54) is 7.11 Å². The molecule has 2 heterocycles. The smallest absolute Gasteiger partial charge is 0.307 e. The normalized spacial score (nSPS) is 18.0. The summed E-state index contributed by atoms with van der Waals surface area (Å²) in [5.74, 6) is -0.583. The number of carbonyl (C=O) groups is 2. The van der Waals surface area contributed by atoms with Crippen LogP contribution in [0.2, 0.25) is 5.15 Å². The Morgan fingerprint density at radius 2 is 2.27 bits per heavy atom. The third kappa shape index (κ3) is 4.11. The van der Waals surface area contributed by atoms with Gasteiger partial charge in [-0.1, -0.05) is 17.7 Å². The Balaban J connectivity index is 1.87. The van der Waals surface area contributed by atoms with E-state index in [0.29, 0.717) is 24.8 Å². The average Bonchev–Trinajstić information content (AvgIpc) is 2.64. The van der Waals surface area contributed by atoms with E-state index in [1.807, 2.05) is 35.4 Å². The number of benzene rings is 1. The molecule has 1 atom stereocenters. The SMILES string of the molecule is COC(=O)C[C@H]1C(=O)NCCN1Cc1cc2ccc(SC)cc2nc1Cl. The van der Waals surface area contributed by atoms with Crippen LogP contribution in [0.15, 0.2) is 29.2 Å². The van der Waals surface area contributed by atoms with Crippen molar-refractivity contribution >= 4 is 46.1 Å². The van der Waals surface area contributed by atoms with Crippen LogP contribution in [0.5, 0.6) is 0 Å². The molecule has 1 aromatic carbocycles. The van der Waals surface area contributed by atoms with Gasteiger partial charge in [-0.15, -0.1) is 11.8 Å². The number of pyridine rings is 1. The first-order valence-electron chi connectivity index (χ1n) is 8.23. The fraction of sp³-hybridized carbons (Fsp3) is 0.389. The van der Waals surface area contributed by atoms with Crippen LogP contribution >= 0.6 is 23.4 Å². The Morgan fingerprint density at radius 1 is 1.46 bits per heavy atom. The van der Waals surface area contributed by atoms with Gasteiger partial charge in [0.1, 0.15) is 11.2 Å². The van der Waals surface area contributed by atoms with Crippen molar-refractivity contribution in [2.45, 2.75) is 23.9 Å². The molecule has 6 nitrogen and oxygen atoms in total. The topological polar surface area (TPSA) is 71.5 Å². The Labute approximate surface area is 161 Å². The zero-order chi connectivity index (χ0) is 18.7. The van der Waals surface area contributed by atoms with Gasteiger partial charge in [0.15, 0.2) is 0 Å². The number of thioether (sulfide) groups is 1. The molecule has 0 saturated carbocycles. The highest BCUT2D eigenvalue weighted by molar-refractivity contribution is 7.98. The zero-order valence-corrected chi connectivity index (χ0v) is 16.2. The highest BCUT2D eigenvalue weighted by Crippen LogP contribution is 2.26. The first-order chi connectivity index (χ1) is 12.5. The highest BCUT2D eigenvalue weighted by Gasteiger charge is 2.32. The van der Waals surface area contributed by atoms with Crippen molar-refractivity contribution < 1.29 is 14.3 Å². The number of esters is 1. The first-order valence-corrected chi connectivity index (χ1v) is 9.84. The van der Waals surface area contributed by atoms with E-state index in [1.54, 1.807) is 11.8 Å². The number of rotatable bonds is 5. The molecule has 1 aliphatic heterocycles. The van der Waals surface area contributed by atoms with Crippen molar-refractivity contribution in [1.29, 1.82) is 0 Å². The van der Waals surface area contributed by atoms with Gasteiger partial charge in [-0.2, -0.15) is 0 Å². The first kappa shape index (κ1) is 18.9. The Morgan fingerprint density at radius 3 is 3.00 bits per heavy atom. The summed E-state index contributed by atoms with van der Waals surface area (Å²) >= 11 is 8.05. The number of halogens is 1. The van der Waals surface area contributed by atoms with Crippen LogP contribution in [0.3, 0.4) is 0 Å². The number of piperazine rings is 1. The van der Waals surface area contributed by atoms with Crippen LogP contribution < -0.4 is 5.32 Å². The Bertz CT molecular complexity index is 846. The molecule has 2 aromatic rings. The van der Waals surface area contributed by atoms with Gasteiger partial charge in [0.2, 0.25) is 5.91 Å². The summed E-state index contributed by atoms with van der Waals surface area (Å²) in [7, 11) is 1.32. The van der Waals surface area contributed by atoms with Crippen LogP contribution in [0.4, 0.5) is 0 Å². The van der Waals surface area contributed by atoms with Crippen LogP contribution in [-0.4, -0.2) is 54.3 Å². The second-order valence-electron chi connectivity index (χ2n) is 6.05. The minimum absolute atomic E-state index is 0.0119. The second kappa shape index (κ2) is 8.24. The summed E-state index contributed by atoms with van der Waals surface area (Å²) in [4.78, 5) is 31.4. The molecule has 3 rings (SSSR count). The third-order valence-corrected chi connectivity index (χ3v) is 5.51. The average molecular weight is 394 g/mol. The number of aromatic nitrogens is 1. The minimum atomic E-state index is -0.568. The Hall–Kier alpha value is -1.83. The molecule has 1 aliphatic rings. The number of nitrogens with one attached hydrogen (secondary N) is 1. The summed E-state index contributed by atoms with van der Waals surface area (Å²) in [6.07, 6.45) is 2.03. The number of amides is 1. The molecule has 1 amide bonds. The van der Waals surface area contributed by atoms with E-state index in [0.717, 1.165) is 21.4 Å². The molecule has 8 heteroatoms. The van der Waals surface area contributed by atoms with Crippen molar-refractivity contribution in [3.8, 4) is 0 Å². The molecule has 1 aromatic heterocycles. The maximum atomic E-state index is 12.2. The number of hydrogen-bond acceptors (Lipinski definition) is 6. The Kier molecular flexibility index (Phi) is 6.01. The van der Waals surface area contributed by atoms with Crippen LogP contribution in [0, 0.1) is 0 Å². The molecule has 0 radical (unpaired) electrons. The van der Waals surface area contributed by atoms with E-state index in [9.17, 15) is 9.59 Å². The van der Waals surface area contributed by atoms with E-state index >= 15 is 0 Å². The fourth-order valence-electron chi connectivity index (χ4n) is 3.04. The van der Waals surface area contributed by atoms with E-state index in [2.05, 4.69) is 10.3 Å². The number of hydrogen-bond donors (Lipinski definition) is 1. The second-order valence-corrected chi connectivity index (χ2v) is 7.29. The van der Waals surface area contributed by atoms with Gasteiger partial charge in [0, 0.05) is 35.5 Å². The summed E-state index contributed by atoms with van der Waals surface area (Å²) in [5, 5.41) is 4.20. The van der Waals surface area contributed by atoms with Gasteiger partial charge in [0.25, 0.3) is 0 Å². The fourth-order valence-corrected chi connectivity index (χ4v) is 3.68. The molecule has 26 heavy (non-hydrogen) atoms. The largest absolute Gasteiger partial charge is 0.469 e. The lowest BCUT2D eigenvalue weighted by atomic mass is 10.1. The molecule has 0 aliphatic carbocycles. The maximum absolute atomic E-state index is 12.2. The summed E-state index contributed by atoms with van der Waals surface area (Å²) in [6, 6.07) is 7.49. The molecule has 0 unspecified atom stereocenters. The quantitative estimate of drug-likeness (QED) is 0.478. The molecular weight excluding hydrogens is 374 g/mol. The van der Waals surface area contributed by atoms with Gasteiger partial charge < -0.3 is 10.1 Å². The lowest BCUT2D eigenvalue weighted by Crippen LogP contribution is -2.55. The van der Waals surface area contributed by atoms with E-state index in [4.69, 9.17) is 16.3 Å². The van der Waals surface area contributed by atoms with Crippen molar-refractivity contribution in [2.75, 3.05) is 26.5 Å². The van der Waals surface area contributed by atoms with Crippen LogP contribution in [0.25, 0.3) is 10.9 Å². The lowest BCUT2D eigenvalue weighted by molar-refractivity contribution is -0.146. The number of nitrogens with zero attached hydrogens (tertiary/aromatic N) is 2. The van der Waals surface area contributed by atoms with Crippen molar-refractivity contribution in [2.24, 2.45) is 0 Å². The van der Waals surface area contributed by atoms with Gasteiger partial charge in [-0.3, -0.25) is 14.5 Å². The molecule has 1 N–H and O–H groups in total. The highest BCUT2D eigenvalue weighted by atomic mass is 35.5. The molecule has 1 saturated heterocycles. The molecular formula is C18H20ClN3O3S. The standard InChI is InChI=1S/C18H20ClN3O3S/c1-25-16(23)9-15-18(24)20-5-6-22(15)10-12-7-11-3-4-13(26-2)8-14(11)21-17(12)19/h3-4,7-8,15H,5-6,9-10H2,1-2H3,(H,20,24)/t15-/m0/s1. The van der Waals surface area contributed by atoms with E-state index < -0.39 is 12.0 Å². The van der Waals surface area contributed by atoms with Gasteiger partial charge in [-0.05, 0) is 24.5 Å². The molecule has 1 fully saturated rings. The predicted octanol–water partition coefficient (Wildman–Crippen LogP) is 2.47. The van der Waals surface area contributed by atoms with Gasteiger partial charge >= 0.3 is 5.97 Å². The van der Waals surface area contributed by atoms with Crippen molar-refractivity contribution in [3.63, 3.8) is 0 Å². The summed E-state index contributed by atoms with van der Waals surface area (Å²) in [5.41, 5.74) is 1.67. The van der Waals surface area contributed by atoms with Crippen LogP contribution in [0.1, 0.15) is 12.0 Å². The minimum Gasteiger partial charge on any atom is -0.469 e. The molecule has 0 spiro atoms. The number of carbonyl (C=O) groups excluding carboxylic acids is 2. The monoisotopic (exact) mass is 393 g/mol. The zero-order valence-electron chi connectivity index (χ0n) is 14.6. The lowest BCUT2D eigenvalue weighted by Gasteiger charge is -2.34.